The van der Waals surface area contributed by atoms with Gasteiger partial charge in [0.2, 0.25) is 11.8 Å². The minimum Gasteiger partial charge on any atom is -0.357 e. The smallest absolute Gasteiger partial charge is 0.264 e. The lowest BCUT2D eigenvalue weighted by atomic mass is 10.1. The van der Waals surface area contributed by atoms with Crippen molar-refractivity contribution in [3.8, 4) is 0 Å². The van der Waals surface area contributed by atoms with Crippen molar-refractivity contribution < 1.29 is 18.0 Å². The predicted octanol–water partition coefficient (Wildman–Crippen LogP) is 4.66. The van der Waals surface area contributed by atoms with Crippen LogP contribution in [0.4, 0.5) is 5.69 Å². The van der Waals surface area contributed by atoms with Crippen molar-refractivity contribution in [2.24, 2.45) is 0 Å². The van der Waals surface area contributed by atoms with Crippen molar-refractivity contribution in [1.82, 2.24) is 10.2 Å². The summed E-state index contributed by atoms with van der Waals surface area (Å²) < 4.78 is 28.4. The molecular weight excluding hydrogens is 521 g/mol. The second-order valence-corrected chi connectivity index (χ2v) is 10.9. The summed E-state index contributed by atoms with van der Waals surface area (Å²) in [4.78, 5) is 27.6. The Morgan fingerprint density at radius 1 is 0.944 bits per heavy atom. The highest BCUT2D eigenvalue weighted by Gasteiger charge is 2.32. The standard InChI is InChI=1S/C26H27Cl2N3O4S/c1-18-9-7-10-20(15-18)31(36(34,35)21-11-5-4-6-12-21)17-25(32)30(19(2)26(33)29-3)16-22-23(27)13-8-14-24(22)28/h4-15,19H,16-17H2,1-3H3,(H,29,33)/t19-/m0/s1. The minimum atomic E-state index is -4.11. The summed E-state index contributed by atoms with van der Waals surface area (Å²) in [6, 6.07) is 18.8. The van der Waals surface area contributed by atoms with Gasteiger partial charge in [0.25, 0.3) is 10.0 Å². The van der Waals surface area contributed by atoms with Crippen molar-refractivity contribution in [2.75, 3.05) is 17.9 Å². The zero-order chi connectivity index (χ0) is 26.5. The third-order valence-electron chi connectivity index (χ3n) is 5.70. The molecule has 0 saturated carbocycles. The fraction of sp³-hybridized carbons (Fsp3) is 0.231. The molecule has 190 valence electrons. The molecule has 3 rings (SSSR count). The van der Waals surface area contributed by atoms with Crippen molar-refractivity contribution in [2.45, 2.75) is 31.3 Å². The number of hydrogen-bond donors (Lipinski definition) is 1. The van der Waals surface area contributed by atoms with Gasteiger partial charge in [0.15, 0.2) is 0 Å². The number of likely N-dealkylation sites (N-methyl/N-ethyl adjacent to an activating group) is 1. The van der Waals surface area contributed by atoms with E-state index in [1.807, 2.05) is 13.0 Å². The topological polar surface area (TPSA) is 86.8 Å². The van der Waals surface area contributed by atoms with Gasteiger partial charge in [-0.2, -0.15) is 0 Å². The van der Waals surface area contributed by atoms with Crippen molar-refractivity contribution >= 4 is 50.7 Å². The van der Waals surface area contributed by atoms with E-state index >= 15 is 0 Å². The molecule has 0 spiro atoms. The number of anilines is 1. The molecule has 1 atom stereocenters. The fourth-order valence-electron chi connectivity index (χ4n) is 3.68. The van der Waals surface area contributed by atoms with Crippen LogP contribution in [-0.4, -0.2) is 44.8 Å². The van der Waals surface area contributed by atoms with E-state index in [-0.39, 0.29) is 11.4 Å². The zero-order valence-corrected chi connectivity index (χ0v) is 22.4. The fourth-order valence-corrected chi connectivity index (χ4v) is 5.62. The second-order valence-electron chi connectivity index (χ2n) is 8.18. The molecule has 0 heterocycles. The molecule has 0 aliphatic rings. The van der Waals surface area contributed by atoms with E-state index in [9.17, 15) is 18.0 Å². The molecule has 0 aromatic heterocycles. The SMILES string of the molecule is CNC(=O)[C@H](C)N(Cc1c(Cl)cccc1Cl)C(=O)CN(c1cccc(C)c1)S(=O)(=O)c1ccccc1. The minimum absolute atomic E-state index is 0.0411. The zero-order valence-electron chi connectivity index (χ0n) is 20.1. The molecule has 0 aliphatic carbocycles. The number of aryl methyl sites for hydroxylation is 1. The quantitative estimate of drug-likeness (QED) is 0.422. The van der Waals surface area contributed by atoms with Crippen LogP contribution in [0.5, 0.6) is 0 Å². The number of hydrogen-bond acceptors (Lipinski definition) is 4. The van der Waals surface area contributed by atoms with Crippen LogP contribution in [0, 0.1) is 6.92 Å². The van der Waals surface area contributed by atoms with E-state index in [0.29, 0.717) is 21.3 Å². The average Bonchev–Trinajstić information content (AvgIpc) is 2.86. The lowest BCUT2D eigenvalue weighted by Gasteiger charge is -2.32. The Morgan fingerprint density at radius 3 is 2.14 bits per heavy atom. The summed E-state index contributed by atoms with van der Waals surface area (Å²) in [5.74, 6) is -1.01. The van der Waals surface area contributed by atoms with Crippen LogP contribution >= 0.6 is 23.2 Å². The van der Waals surface area contributed by atoms with Crippen LogP contribution in [0.1, 0.15) is 18.1 Å². The molecule has 3 aromatic carbocycles. The Labute approximate surface area is 221 Å². The van der Waals surface area contributed by atoms with E-state index in [0.717, 1.165) is 9.87 Å². The molecule has 3 aromatic rings. The molecule has 10 heteroatoms. The maximum Gasteiger partial charge on any atom is 0.264 e. The number of amides is 2. The molecule has 36 heavy (non-hydrogen) atoms. The third-order valence-corrected chi connectivity index (χ3v) is 8.20. The van der Waals surface area contributed by atoms with E-state index in [1.54, 1.807) is 61.5 Å². The second kappa shape index (κ2) is 11.8. The van der Waals surface area contributed by atoms with Crippen LogP contribution in [0.15, 0.2) is 77.7 Å². The maximum atomic E-state index is 13.7. The first kappa shape index (κ1) is 27.5. The first-order valence-electron chi connectivity index (χ1n) is 11.1. The van der Waals surface area contributed by atoms with Gasteiger partial charge in [-0.25, -0.2) is 8.42 Å². The highest BCUT2D eigenvalue weighted by atomic mass is 35.5. The van der Waals surface area contributed by atoms with Gasteiger partial charge in [0, 0.05) is 29.2 Å². The molecule has 0 bridgehead atoms. The summed E-state index contributed by atoms with van der Waals surface area (Å²) in [7, 11) is -2.65. The molecule has 0 fully saturated rings. The van der Waals surface area contributed by atoms with Crippen LogP contribution in [0.25, 0.3) is 0 Å². The summed E-state index contributed by atoms with van der Waals surface area (Å²) in [6.45, 7) is 2.77. The maximum absolute atomic E-state index is 13.7. The van der Waals surface area contributed by atoms with E-state index in [1.165, 1.54) is 24.1 Å². The average molecular weight is 548 g/mol. The highest BCUT2D eigenvalue weighted by Crippen LogP contribution is 2.28. The largest absolute Gasteiger partial charge is 0.357 e. The Morgan fingerprint density at radius 2 is 1.56 bits per heavy atom. The Kier molecular flexibility index (Phi) is 9.00. The van der Waals surface area contributed by atoms with E-state index < -0.39 is 34.4 Å². The normalized spacial score (nSPS) is 12.0. The van der Waals surface area contributed by atoms with Crippen LogP contribution in [0.2, 0.25) is 10.0 Å². The van der Waals surface area contributed by atoms with Crippen molar-refractivity contribution in [3.05, 3.63) is 94.0 Å². The number of nitrogens with one attached hydrogen (secondary N) is 1. The number of rotatable bonds is 9. The van der Waals surface area contributed by atoms with Gasteiger partial charge in [0.1, 0.15) is 12.6 Å². The summed E-state index contributed by atoms with van der Waals surface area (Å²) in [5, 5.41) is 3.19. The van der Waals surface area contributed by atoms with Gasteiger partial charge >= 0.3 is 0 Å². The Bertz CT molecular complexity index is 1330. The lowest BCUT2D eigenvalue weighted by molar-refractivity contribution is -0.139. The molecule has 0 radical (unpaired) electrons. The predicted molar refractivity (Wildman–Crippen MR) is 143 cm³/mol. The van der Waals surface area contributed by atoms with E-state index in [2.05, 4.69) is 5.32 Å². The number of benzene rings is 3. The van der Waals surface area contributed by atoms with Gasteiger partial charge in [-0.05, 0) is 55.8 Å². The van der Waals surface area contributed by atoms with Crippen molar-refractivity contribution in [1.29, 1.82) is 0 Å². The van der Waals surface area contributed by atoms with Gasteiger partial charge in [-0.1, -0.05) is 59.6 Å². The summed E-state index contributed by atoms with van der Waals surface area (Å²) >= 11 is 12.7. The molecule has 0 unspecified atom stereocenters. The van der Waals surface area contributed by atoms with Gasteiger partial charge in [-0.15, -0.1) is 0 Å². The molecule has 0 saturated heterocycles. The molecule has 2 amide bonds. The molecule has 7 nitrogen and oxygen atoms in total. The van der Waals surface area contributed by atoms with Crippen LogP contribution in [-0.2, 0) is 26.2 Å². The van der Waals surface area contributed by atoms with E-state index in [4.69, 9.17) is 23.2 Å². The van der Waals surface area contributed by atoms with Crippen LogP contribution in [0.3, 0.4) is 0 Å². The number of carbonyl (C=O) groups excluding carboxylic acids is 2. The Hall–Kier alpha value is -3.07. The molecular formula is C26H27Cl2N3O4S. The van der Waals surface area contributed by atoms with Gasteiger partial charge < -0.3 is 10.2 Å². The lowest BCUT2D eigenvalue weighted by Crippen LogP contribution is -2.50. The number of sulfonamides is 1. The Balaban J connectivity index is 2.06. The molecule has 1 N–H and O–H groups in total. The summed E-state index contributed by atoms with van der Waals surface area (Å²) in [5.41, 5.74) is 1.61. The third kappa shape index (κ3) is 6.19. The van der Waals surface area contributed by atoms with Gasteiger partial charge in [0.05, 0.1) is 10.6 Å². The number of nitrogens with zero attached hydrogens (tertiary/aromatic N) is 2. The first-order chi connectivity index (χ1) is 17.1. The number of carbonyl (C=O) groups is 2. The highest BCUT2D eigenvalue weighted by molar-refractivity contribution is 7.92. The van der Waals surface area contributed by atoms with Crippen LogP contribution < -0.4 is 9.62 Å². The number of halogens is 2. The molecule has 0 aliphatic heterocycles. The monoisotopic (exact) mass is 547 g/mol. The van der Waals surface area contributed by atoms with Crippen molar-refractivity contribution in [3.63, 3.8) is 0 Å². The summed E-state index contributed by atoms with van der Waals surface area (Å²) in [6.07, 6.45) is 0. The van der Waals surface area contributed by atoms with Gasteiger partial charge in [-0.3, -0.25) is 13.9 Å². The first-order valence-corrected chi connectivity index (χ1v) is 13.3.